The van der Waals surface area contributed by atoms with E-state index in [0.29, 0.717) is 12.1 Å². The minimum atomic E-state index is -1.08. The van der Waals surface area contributed by atoms with E-state index in [2.05, 4.69) is 5.32 Å². The molecule has 0 aliphatic carbocycles. The number of aromatic hydroxyl groups is 1. The Hall–Kier alpha value is -3.60. The third-order valence-corrected chi connectivity index (χ3v) is 4.82. The van der Waals surface area contributed by atoms with Crippen molar-refractivity contribution < 1.29 is 19.8 Å². The molecule has 0 saturated heterocycles. The van der Waals surface area contributed by atoms with Crippen molar-refractivity contribution in [1.82, 2.24) is 5.32 Å². The molecular formula is C24H23NO4. The van der Waals surface area contributed by atoms with Crippen molar-refractivity contribution in [1.29, 1.82) is 0 Å². The summed E-state index contributed by atoms with van der Waals surface area (Å²) >= 11 is 0. The third kappa shape index (κ3) is 5.45. The lowest BCUT2D eigenvalue weighted by Gasteiger charge is -2.19. The highest BCUT2D eigenvalue weighted by Gasteiger charge is 2.22. The van der Waals surface area contributed by atoms with Gasteiger partial charge in [-0.05, 0) is 35.7 Å². The molecular weight excluding hydrogens is 366 g/mol. The maximum Gasteiger partial charge on any atom is 0.335 e. The molecule has 3 aromatic rings. The van der Waals surface area contributed by atoms with Gasteiger partial charge in [0, 0.05) is 24.4 Å². The minimum Gasteiger partial charge on any atom is -0.508 e. The van der Waals surface area contributed by atoms with Gasteiger partial charge in [-0.2, -0.15) is 0 Å². The summed E-state index contributed by atoms with van der Waals surface area (Å²) in [5, 5.41) is 22.6. The Balaban J connectivity index is 1.77. The number of amides is 1. The molecule has 0 bridgehead atoms. The summed E-state index contributed by atoms with van der Waals surface area (Å²) < 4.78 is 0. The van der Waals surface area contributed by atoms with Crippen LogP contribution in [0.4, 0.5) is 0 Å². The highest BCUT2D eigenvalue weighted by molar-refractivity contribution is 5.88. The van der Waals surface area contributed by atoms with Crippen LogP contribution in [-0.2, 0) is 11.2 Å². The fraction of sp³-hybridized carbons (Fsp3) is 0.167. The average molecular weight is 389 g/mol. The van der Waals surface area contributed by atoms with Crippen molar-refractivity contribution in [3.63, 3.8) is 0 Å². The normalized spacial score (nSPS) is 11.6. The summed E-state index contributed by atoms with van der Waals surface area (Å²) in [6.45, 7) is 0.505. The second-order valence-corrected chi connectivity index (χ2v) is 6.83. The maximum absolute atomic E-state index is 12.6. The van der Waals surface area contributed by atoms with Crippen LogP contribution >= 0.6 is 0 Å². The van der Waals surface area contributed by atoms with E-state index in [4.69, 9.17) is 0 Å². The Morgan fingerprint density at radius 2 is 1.55 bits per heavy atom. The summed E-state index contributed by atoms with van der Waals surface area (Å²) in [4.78, 5) is 24.0. The number of carbonyl (C=O) groups is 2. The summed E-state index contributed by atoms with van der Waals surface area (Å²) in [7, 11) is 0. The molecule has 148 valence electrons. The lowest BCUT2D eigenvalue weighted by Crippen LogP contribution is -2.27. The van der Waals surface area contributed by atoms with Gasteiger partial charge in [0.25, 0.3) is 0 Å². The van der Waals surface area contributed by atoms with E-state index in [0.717, 1.165) is 17.5 Å². The number of carboxylic acid groups (broad SMARTS) is 1. The summed E-state index contributed by atoms with van der Waals surface area (Å²) in [6, 6.07) is 23.4. The molecule has 3 aromatic carbocycles. The number of carbonyl (C=O) groups excluding carboxylic acids is 1. The number of phenols is 1. The topological polar surface area (TPSA) is 86.6 Å². The lowest BCUT2D eigenvalue weighted by molar-refractivity contribution is -0.121. The molecule has 3 N–H and O–H groups in total. The lowest BCUT2D eigenvalue weighted by atomic mass is 9.86. The quantitative estimate of drug-likeness (QED) is 0.544. The van der Waals surface area contributed by atoms with Crippen molar-refractivity contribution >= 4 is 11.9 Å². The predicted octanol–water partition coefficient (Wildman–Crippen LogP) is 3.97. The predicted molar refractivity (Wildman–Crippen MR) is 111 cm³/mol. The van der Waals surface area contributed by atoms with Crippen LogP contribution in [0.1, 0.15) is 39.4 Å². The van der Waals surface area contributed by atoms with E-state index >= 15 is 0 Å². The standard InChI is InChI=1S/C24H23NO4/c26-22-12-11-19(24(28)29)15-21(22)20(18-9-5-2-6-10-18)16-23(27)25-14-13-17-7-3-1-4-8-17/h1-12,15,20,26H,13-14,16H2,(H,25,27)(H,28,29)/t20-/m1/s1. The fourth-order valence-electron chi connectivity index (χ4n) is 3.31. The van der Waals surface area contributed by atoms with E-state index in [1.165, 1.54) is 18.2 Å². The summed E-state index contributed by atoms with van der Waals surface area (Å²) in [6.07, 6.45) is 0.831. The van der Waals surface area contributed by atoms with E-state index in [9.17, 15) is 19.8 Å². The zero-order chi connectivity index (χ0) is 20.6. The van der Waals surface area contributed by atoms with Crippen LogP contribution in [0.3, 0.4) is 0 Å². The van der Waals surface area contributed by atoms with Crippen LogP contribution in [0, 0.1) is 0 Å². The number of hydrogen-bond donors (Lipinski definition) is 3. The molecule has 0 fully saturated rings. The van der Waals surface area contributed by atoms with Crippen LogP contribution in [-0.4, -0.2) is 28.6 Å². The monoisotopic (exact) mass is 389 g/mol. The van der Waals surface area contributed by atoms with Crippen molar-refractivity contribution in [2.75, 3.05) is 6.54 Å². The fourth-order valence-corrected chi connectivity index (χ4v) is 3.31. The van der Waals surface area contributed by atoms with Gasteiger partial charge in [0.15, 0.2) is 0 Å². The van der Waals surface area contributed by atoms with Gasteiger partial charge in [0.05, 0.1) is 5.56 Å². The van der Waals surface area contributed by atoms with Crippen molar-refractivity contribution in [3.05, 3.63) is 101 Å². The first-order chi connectivity index (χ1) is 14.0. The first kappa shape index (κ1) is 20.1. The van der Waals surface area contributed by atoms with Gasteiger partial charge in [-0.3, -0.25) is 4.79 Å². The molecule has 3 rings (SSSR count). The summed E-state index contributed by atoms with van der Waals surface area (Å²) in [5.41, 5.74) is 2.47. The molecule has 0 spiro atoms. The van der Waals surface area contributed by atoms with Gasteiger partial charge < -0.3 is 15.5 Å². The number of nitrogens with one attached hydrogen (secondary N) is 1. The molecule has 5 nitrogen and oxygen atoms in total. The number of rotatable bonds is 8. The molecule has 0 radical (unpaired) electrons. The highest BCUT2D eigenvalue weighted by Crippen LogP contribution is 2.34. The van der Waals surface area contributed by atoms with Crippen LogP contribution in [0.2, 0.25) is 0 Å². The van der Waals surface area contributed by atoms with Crippen molar-refractivity contribution in [2.24, 2.45) is 0 Å². The second-order valence-electron chi connectivity index (χ2n) is 6.83. The van der Waals surface area contributed by atoms with E-state index in [1.807, 2.05) is 60.7 Å². The Morgan fingerprint density at radius 1 is 0.897 bits per heavy atom. The highest BCUT2D eigenvalue weighted by atomic mass is 16.4. The van der Waals surface area contributed by atoms with Gasteiger partial charge in [-0.25, -0.2) is 4.79 Å². The Kier molecular flexibility index (Phi) is 6.63. The van der Waals surface area contributed by atoms with Gasteiger partial charge in [-0.1, -0.05) is 60.7 Å². The first-order valence-electron chi connectivity index (χ1n) is 9.46. The van der Waals surface area contributed by atoms with E-state index in [1.54, 1.807) is 0 Å². The van der Waals surface area contributed by atoms with E-state index in [-0.39, 0.29) is 23.6 Å². The Bertz CT molecular complexity index is 971. The smallest absolute Gasteiger partial charge is 0.335 e. The molecule has 0 aliphatic heterocycles. The Morgan fingerprint density at radius 3 is 2.21 bits per heavy atom. The van der Waals surface area contributed by atoms with E-state index < -0.39 is 11.9 Å². The number of benzene rings is 3. The second kappa shape index (κ2) is 9.55. The number of aromatic carboxylic acids is 1. The van der Waals surface area contributed by atoms with Gasteiger partial charge >= 0.3 is 5.97 Å². The van der Waals surface area contributed by atoms with Crippen LogP contribution < -0.4 is 5.32 Å². The molecule has 1 atom stereocenters. The molecule has 0 aromatic heterocycles. The largest absolute Gasteiger partial charge is 0.508 e. The first-order valence-corrected chi connectivity index (χ1v) is 9.46. The maximum atomic E-state index is 12.6. The average Bonchev–Trinajstić information content (AvgIpc) is 2.74. The SMILES string of the molecule is O=C(C[C@H](c1ccccc1)c1cc(C(=O)O)ccc1O)NCCc1ccccc1. The van der Waals surface area contributed by atoms with Crippen LogP contribution in [0.25, 0.3) is 0 Å². The molecule has 0 saturated carbocycles. The van der Waals surface area contributed by atoms with Crippen molar-refractivity contribution in [3.8, 4) is 5.75 Å². The number of phenolic OH excluding ortho intramolecular Hbond substituents is 1. The molecule has 0 aliphatic rings. The number of hydrogen-bond acceptors (Lipinski definition) is 3. The third-order valence-electron chi connectivity index (χ3n) is 4.82. The van der Waals surface area contributed by atoms with Gasteiger partial charge in [0.1, 0.15) is 5.75 Å². The molecule has 0 heterocycles. The zero-order valence-electron chi connectivity index (χ0n) is 15.9. The molecule has 29 heavy (non-hydrogen) atoms. The number of carboxylic acids is 1. The Labute approximate surface area is 169 Å². The van der Waals surface area contributed by atoms with Gasteiger partial charge in [0.2, 0.25) is 5.91 Å². The van der Waals surface area contributed by atoms with Crippen molar-refractivity contribution in [2.45, 2.75) is 18.8 Å². The van der Waals surface area contributed by atoms with Crippen LogP contribution in [0.15, 0.2) is 78.9 Å². The molecule has 1 amide bonds. The molecule has 5 heteroatoms. The summed E-state index contributed by atoms with van der Waals surface area (Å²) in [5.74, 6) is -1.71. The van der Waals surface area contributed by atoms with Gasteiger partial charge in [-0.15, -0.1) is 0 Å². The molecule has 0 unspecified atom stereocenters. The zero-order valence-corrected chi connectivity index (χ0v) is 15.9. The minimum absolute atomic E-state index is 0.0269. The van der Waals surface area contributed by atoms with Crippen LogP contribution in [0.5, 0.6) is 5.75 Å².